The first-order chi connectivity index (χ1) is 10.9. The van der Waals surface area contributed by atoms with E-state index in [4.69, 9.17) is 9.47 Å². The fourth-order valence-corrected chi connectivity index (χ4v) is 2.35. The van der Waals surface area contributed by atoms with Crippen LogP contribution in [0, 0.1) is 6.92 Å². The van der Waals surface area contributed by atoms with E-state index in [0.29, 0.717) is 11.5 Å². The molecule has 0 saturated carbocycles. The Morgan fingerprint density at radius 2 is 1.65 bits per heavy atom. The normalized spacial score (nSPS) is 11.0. The SMILES string of the molecule is COc1ccc(C(C)(C)C(=O)Nc2ccccc2C)cc1OC. The van der Waals surface area contributed by atoms with Crippen LogP contribution in [0.15, 0.2) is 42.5 Å². The summed E-state index contributed by atoms with van der Waals surface area (Å²) in [6.45, 7) is 5.75. The second kappa shape index (κ2) is 6.73. The topological polar surface area (TPSA) is 47.6 Å². The van der Waals surface area contributed by atoms with Gasteiger partial charge in [0, 0.05) is 5.69 Å². The Balaban J connectivity index is 2.30. The number of hydrogen-bond acceptors (Lipinski definition) is 3. The highest BCUT2D eigenvalue weighted by molar-refractivity contribution is 5.99. The quantitative estimate of drug-likeness (QED) is 0.910. The van der Waals surface area contributed by atoms with Crippen molar-refractivity contribution in [3.8, 4) is 11.5 Å². The number of amides is 1. The number of carbonyl (C=O) groups excluding carboxylic acids is 1. The maximum absolute atomic E-state index is 12.8. The number of methoxy groups -OCH3 is 2. The number of anilines is 1. The molecule has 4 heteroatoms. The van der Waals surface area contributed by atoms with Crippen molar-refractivity contribution in [1.29, 1.82) is 0 Å². The van der Waals surface area contributed by atoms with Gasteiger partial charge in [-0.1, -0.05) is 24.3 Å². The molecule has 0 radical (unpaired) electrons. The Bertz CT molecular complexity index is 708. The Kier molecular flexibility index (Phi) is 4.94. The highest BCUT2D eigenvalue weighted by atomic mass is 16.5. The minimum atomic E-state index is -0.707. The zero-order valence-corrected chi connectivity index (χ0v) is 14.3. The van der Waals surface area contributed by atoms with E-state index in [2.05, 4.69) is 5.32 Å². The van der Waals surface area contributed by atoms with Gasteiger partial charge in [0.15, 0.2) is 11.5 Å². The van der Waals surface area contributed by atoms with E-state index in [-0.39, 0.29) is 5.91 Å². The molecule has 2 aromatic carbocycles. The summed E-state index contributed by atoms with van der Waals surface area (Å²) in [5.41, 5.74) is 2.01. The number of benzene rings is 2. The molecule has 2 rings (SSSR count). The van der Waals surface area contributed by atoms with E-state index in [1.165, 1.54) is 0 Å². The van der Waals surface area contributed by atoms with Crippen molar-refractivity contribution in [2.75, 3.05) is 19.5 Å². The average molecular weight is 313 g/mol. The zero-order chi connectivity index (χ0) is 17.0. The van der Waals surface area contributed by atoms with Crippen molar-refractivity contribution in [2.45, 2.75) is 26.2 Å². The average Bonchev–Trinajstić information content (AvgIpc) is 2.56. The van der Waals surface area contributed by atoms with Crippen LogP contribution >= 0.6 is 0 Å². The molecule has 0 aliphatic carbocycles. The van der Waals surface area contributed by atoms with E-state index < -0.39 is 5.41 Å². The summed E-state index contributed by atoms with van der Waals surface area (Å²) in [5.74, 6) is 1.19. The molecule has 0 fully saturated rings. The van der Waals surface area contributed by atoms with Crippen LogP contribution < -0.4 is 14.8 Å². The highest BCUT2D eigenvalue weighted by Crippen LogP contribution is 2.34. The molecule has 2 aromatic rings. The van der Waals surface area contributed by atoms with E-state index in [1.54, 1.807) is 14.2 Å². The molecule has 1 N–H and O–H groups in total. The van der Waals surface area contributed by atoms with Gasteiger partial charge in [0.05, 0.1) is 19.6 Å². The van der Waals surface area contributed by atoms with Gasteiger partial charge in [-0.15, -0.1) is 0 Å². The summed E-state index contributed by atoms with van der Waals surface area (Å²) in [6, 6.07) is 13.3. The number of para-hydroxylation sites is 1. The molecule has 0 atom stereocenters. The monoisotopic (exact) mass is 313 g/mol. The molecule has 4 nitrogen and oxygen atoms in total. The molecule has 1 amide bonds. The third-order valence-electron chi connectivity index (χ3n) is 4.07. The molecular formula is C19H23NO3. The molecule has 23 heavy (non-hydrogen) atoms. The largest absolute Gasteiger partial charge is 0.493 e. The van der Waals surface area contributed by atoms with E-state index >= 15 is 0 Å². The van der Waals surface area contributed by atoms with Crippen LogP contribution in [0.2, 0.25) is 0 Å². The van der Waals surface area contributed by atoms with Gasteiger partial charge in [0.2, 0.25) is 5.91 Å². The number of nitrogens with one attached hydrogen (secondary N) is 1. The van der Waals surface area contributed by atoms with Crippen LogP contribution in [0.25, 0.3) is 0 Å². The third-order valence-corrected chi connectivity index (χ3v) is 4.07. The first-order valence-corrected chi connectivity index (χ1v) is 7.49. The van der Waals surface area contributed by atoms with Gasteiger partial charge in [0.25, 0.3) is 0 Å². The van der Waals surface area contributed by atoms with Gasteiger partial charge >= 0.3 is 0 Å². The van der Waals surface area contributed by atoms with Crippen LogP contribution in [0.3, 0.4) is 0 Å². The Morgan fingerprint density at radius 1 is 1.00 bits per heavy atom. The molecule has 0 bridgehead atoms. The van der Waals surface area contributed by atoms with Gasteiger partial charge < -0.3 is 14.8 Å². The summed E-state index contributed by atoms with van der Waals surface area (Å²) >= 11 is 0. The maximum atomic E-state index is 12.8. The number of rotatable bonds is 5. The molecule has 0 aromatic heterocycles. The summed E-state index contributed by atoms with van der Waals surface area (Å²) in [7, 11) is 3.18. The smallest absolute Gasteiger partial charge is 0.234 e. The molecule has 0 aliphatic heterocycles. The molecule has 0 unspecified atom stereocenters. The Hall–Kier alpha value is -2.49. The van der Waals surface area contributed by atoms with Crippen LogP contribution in [-0.4, -0.2) is 20.1 Å². The van der Waals surface area contributed by atoms with Crippen LogP contribution in [0.5, 0.6) is 11.5 Å². The molecule has 0 aliphatic rings. The molecule has 0 heterocycles. The van der Waals surface area contributed by atoms with Crippen molar-refractivity contribution in [3.63, 3.8) is 0 Å². The third kappa shape index (κ3) is 3.47. The number of carbonyl (C=O) groups is 1. The predicted molar refractivity (Wildman–Crippen MR) is 92.4 cm³/mol. The van der Waals surface area contributed by atoms with Crippen molar-refractivity contribution in [2.24, 2.45) is 0 Å². The van der Waals surface area contributed by atoms with Crippen molar-refractivity contribution < 1.29 is 14.3 Å². The summed E-state index contributed by atoms with van der Waals surface area (Å²) < 4.78 is 10.6. The van der Waals surface area contributed by atoms with E-state index in [9.17, 15) is 4.79 Å². The van der Waals surface area contributed by atoms with Gasteiger partial charge in [-0.2, -0.15) is 0 Å². The van der Waals surface area contributed by atoms with Gasteiger partial charge in [0.1, 0.15) is 0 Å². The maximum Gasteiger partial charge on any atom is 0.234 e. The summed E-state index contributed by atoms with van der Waals surface area (Å²) in [4.78, 5) is 12.8. The zero-order valence-electron chi connectivity index (χ0n) is 14.3. The number of ether oxygens (including phenoxy) is 2. The van der Waals surface area contributed by atoms with Gasteiger partial charge in [-0.3, -0.25) is 4.79 Å². The lowest BCUT2D eigenvalue weighted by Crippen LogP contribution is -2.35. The highest BCUT2D eigenvalue weighted by Gasteiger charge is 2.31. The van der Waals surface area contributed by atoms with E-state index in [0.717, 1.165) is 16.8 Å². The Morgan fingerprint density at radius 3 is 2.26 bits per heavy atom. The fourth-order valence-electron chi connectivity index (χ4n) is 2.35. The van der Waals surface area contributed by atoms with Crippen molar-refractivity contribution >= 4 is 11.6 Å². The lowest BCUT2D eigenvalue weighted by Gasteiger charge is -2.25. The summed E-state index contributed by atoms with van der Waals surface area (Å²) in [6.07, 6.45) is 0. The second-order valence-corrected chi connectivity index (χ2v) is 5.96. The molecule has 0 spiro atoms. The predicted octanol–water partition coefficient (Wildman–Crippen LogP) is 3.93. The minimum absolute atomic E-state index is 0.0704. The standard InChI is InChI=1S/C19H23NO3/c1-13-8-6-7-9-15(13)20-18(21)19(2,3)14-10-11-16(22-4)17(12-14)23-5/h6-12H,1-5H3,(H,20,21). The lowest BCUT2D eigenvalue weighted by molar-refractivity contribution is -0.120. The lowest BCUT2D eigenvalue weighted by atomic mass is 9.83. The molecule has 122 valence electrons. The van der Waals surface area contributed by atoms with Crippen LogP contribution in [-0.2, 0) is 10.2 Å². The number of hydrogen-bond donors (Lipinski definition) is 1. The molecule has 0 saturated heterocycles. The van der Waals surface area contributed by atoms with E-state index in [1.807, 2.05) is 63.2 Å². The first-order valence-electron chi connectivity index (χ1n) is 7.49. The van der Waals surface area contributed by atoms with Crippen LogP contribution in [0.4, 0.5) is 5.69 Å². The van der Waals surface area contributed by atoms with Crippen molar-refractivity contribution in [3.05, 3.63) is 53.6 Å². The Labute approximate surface area is 137 Å². The van der Waals surface area contributed by atoms with Gasteiger partial charge in [-0.05, 0) is 50.1 Å². The molecular weight excluding hydrogens is 290 g/mol. The number of aryl methyl sites for hydroxylation is 1. The first kappa shape index (κ1) is 16.9. The minimum Gasteiger partial charge on any atom is -0.493 e. The van der Waals surface area contributed by atoms with Gasteiger partial charge in [-0.25, -0.2) is 0 Å². The second-order valence-electron chi connectivity index (χ2n) is 5.96. The summed E-state index contributed by atoms with van der Waals surface area (Å²) in [5, 5.41) is 3.00. The van der Waals surface area contributed by atoms with Crippen LogP contribution in [0.1, 0.15) is 25.0 Å². The fraction of sp³-hybridized carbons (Fsp3) is 0.316. The van der Waals surface area contributed by atoms with Crippen molar-refractivity contribution in [1.82, 2.24) is 0 Å².